The summed E-state index contributed by atoms with van der Waals surface area (Å²) in [5.41, 5.74) is 0. The SMILES string of the molecule is CC(C)OC(F)OC(C)C. The summed E-state index contributed by atoms with van der Waals surface area (Å²) in [7, 11) is 0. The lowest BCUT2D eigenvalue weighted by Crippen LogP contribution is -2.19. The number of hydrogen-bond acceptors (Lipinski definition) is 2. The van der Waals surface area contributed by atoms with E-state index in [9.17, 15) is 4.39 Å². The Bertz CT molecular complexity index is 73.7. The van der Waals surface area contributed by atoms with Gasteiger partial charge in [-0.15, -0.1) is 0 Å². The summed E-state index contributed by atoms with van der Waals surface area (Å²) in [6, 6.07) is 0. The molecule has 0 fully saturated rings. The maximum atomic E-state index is 12.5. The van der Waals surface area contributed by atoms with Crippen LogP contribution in [0.5, 0.6) is 0 Å². The third-order valence-electron chi connectivity index (χ3n) is 0.758. The summed E-state index contributed by atoms with van der Waals surface area (Å²) in [6.07, 6.45) is -0.262. The Balaban J connectivity index is 3.34. The zero-order valence-electron chi connectivity index (χ0n) is 6.93. The number of ether oxygens (including phenoxy) is 2. The minimum Gasteiger partial charge on any atom is -0.324 e. The standard InChI is InChI=1S/C7H15FO2/c1-5(2)9-7(8)10-6(3)4/h5-7H,1-4H3. The van der Waals surface area contributed by atoms with Gasteiger partial charge < -0.3 is 9.47 Å². The highest BCUT2D eigenvalue weighted by Crippen LogP contribution is 2.03. The maximum absolute atomic E-state index is 12.5. The summed E-state index contributed by atoms with van der Waals surface area (Å²) >= 11 is 0. The van der Waals surface area contributed by atoms with Crippen LogP contribution in [0.15, 0.2) is 0 Å². The van der Waals surface area contributed by atoms with Gasteiger partial charge in [0.1, 0.15) is 0 Å². The van der Waals surface area contributed by atoms with Gasteiger partial charge in [0, 0.05) is 0 Å². The molecule has 62 valence electrons. The van der Waals surface area contributed by atoms with Crippen molar-refractivity contribution in [2.24, 2.45) is 0 Å². The number of halogens is 1. The average molecular weight is 150 g/mol. The molecule has 0 aromatic rings. The number of rotatable bonds is 4. The summed E-state index contributed by atoms with van der Waals surface area (Å²) in [5, 5.41) is 0. The van der Waals surface area contributed by atoms with Gasteiger partial charge in [0.2, 0.25) is 0 Å². The summed E-state index contributed by atoms with van der Waals surface area (Å²) in [5.74, 6) is 0. The molecule has 0 unspecified atom stereocenters. The third-order valence-corrected chi connectivity index (χ3v) is 0.758. The fourth-order valence-corrected chi connectivity index (χ4v) is 0.460. The largest absolute Gasteiger partial charge is 0.324 e. The molecule has 0 saturated carbocycles. The van der Waals surface area contributed by atoms with Crippen molar-refractivity contribution in [1.29, 1.82) is 0 Å². The quantitative estimate of drug-likeness (QED) is 0.571. The molecule has 0 rings (SSSR count). The van der Waals surface area contributed by atoms with Crippen LogP contribution in [0.1, 0.15) is 27.7 Å². The highest BCUT2D eigenvalue weighted by atomic mass is 19.2. The zero-order valence-corrected chi connectivity index (χ0v) is 6.93. The van der Waals surface area contributed by atoms with Gasteiger partial charge in [0.05, 0.1) is 12.2 Å². The monoisotopic (exact) mass is 150 g/mol. The Morgan fingerprint density at radius 2 is 1.20 bits per heavy atom. The Morgan fingerprint density at radius 3 is 1.40 bits per heavy atom. The van der Waals surface area contributed by atoms with E-state index in [1.807, 2.05) is 0 Å². The van der Waals surface area contributed by atoms with Crippen molar-refractivity contribution in [1.82, 2.24) is 0 Å². The van der Waals surface area contributed by atoms with Gasteiger partial charge in [-0.1, -0.05) is 0 Å². The van der Waals surface area contributed by atoms with E-state index in [0.717, 1.165) is 0 Å². The van der Waals surface area contributed by atoms with Gasteiger partial charge in [-0.25, -0.2) is 0 Å². The van der Waals surface area contributed by atoms with Crippen molar-refractivity contribution >= 4 is 0 Å². The van der Waals surface area contributed by atoms with Crippen LogP contribution in [0.25, 0.3) is 0 Å². The fraction of sp³-hybridized carbons (Fsp3) is 1.00. The van der Waals surface area contributed by atoms with E-state index in [0.29, 0.717) is 0 Å². The summed E-state index contributed by atoms with van der Waals surface area (Å²) < 4.78 is 21.8. The summed E-state index contributed by atoms with van der Waals surface area (Å²) in [6.45, 7) is 5.46. The molecular formula is C7H15FO2. The van der Waals surface area contributed by atoms with Crippen molar-refractivity contribution in [2.45, 2.75) is 46.4 Å². The molecule has 0 aliphatic heterocycles. The Kier molecular flexibility index (Phi) is 4.56. The van der Waals surface area contributed by atoms with E-state index < -0.39 is 6.54 Å². The van der Waals surface area contributed by atoms with E-state index in [4.69, 9.17) is 0 Å². The van der Waals surface area contributed by atoms with Crippen LogP contribution < -0.4 is 0 Å². The van der Waals surface area contributed by atoms with Crippen molar-refractivity contribution in [3.8, 4) is 0 Å². The highest BCUT2D eigenvalue weighted by molar-refractivity contribution is 4.37. The first kappa shape index (κ1) is 9.85. The lowest BCUT2D eigenvalue weighted by atomic mass is 10.5. The summed E-state index contributed by atoms with van der Waals surface area (Å²) in [4.78, 5) is 0. The van der Waals surface area contributed by atoms with Crippen LogP contribution in [0.4, 0.5) is 4.39 Å². The number of alkyl halides is 1. The predicted octanol–water partition coefficient (Wildman–Crippen LogP) is 2.09. The molecule has 0 amide bonds. The van der Waals surface area contributed by atoms with Crippen molar-refractivity contribution < 1.29 is 13.9 Å². The Morgan fingerprint density at radius 1 is 0.900 bits per heavy atom. The third kappa shape index (κ3) is 5.98. The van der Waals surface area contributed by atoms with Gasteiger partial charge in [-0.05, 0) is 27.7 Å². The smallest absolute Gasteiger partial charge is 0.309 e. The van der Waals surface area contributed by atoms with Gasteiger partial charge in [-0.2, -0.15) is 4.39 Å². The van der Waals surface area contributed by atoms with Crippen LogP contribution in [0.3, 0.4) is 0 Å². The van der Waals surface area contributed by atoms with E-state index in [-0.39, 0.29) is 12.2 Å². The molecule has 0 aromatic carbocycles. The van der Waals surface area contributed by atoms with Gasteiger partial charge in [0.25, 0.3) is 0 Å². The van der Waals surface area contributed by atoms with Crippen LogP contribution in [-0.4, -0.2) is 18.8 Å². The first-order valence-electron chi connectivity index (χ1n) is 3.47. The van der Waals surface area contributed by atoms with E-state index in [1.165, 1.54) is 0 Å². The van der Waals surface area contributed by atoms with Crippen molar-refractivity contribution in [2.75, 3.05) is 0 Å². The molecular weight excluding hydrogens is 135 g/mol. The molecule has 0 heterocycles. The minimum atomic E-state index is -1.58. The van der Waals surface area contributed by atoms with Crippen LogP contribution >= 0.6 is 0 Å². The second-order valence-corrected chi connectivity index (χ2v) is 2.64. The lowest BCUT2D eigenvalue weighted by Gasteiger charge is -2.15. The van der Waals surface area contributed by atoms with E-state index in [1.54, 1.807) is 27.7 Å². The molecule has 0 saturated heterocycles. The van der Waals surface area contributed by atoms with Gasteiger partial charge in [0.15, 0.2) is 0 Å². The van der Waals surface area contributed by atoms with Crippen LogP contribution in [0.2, 0.25) is 0 Å². The van der Waals surface area contributed by atoms with Crippen molar-refractivity contribution in [3.63, 3.8) is 0 Å². The van der Waals surface area contributed by atoms with E-state index >= 15 is 0 Å². The normalized spacial score (nSPS) is 12.0. The molecule has 2 nitrogen and oxygen atoms in total. The molecule has 0 bridgehead atoms. The molecule has 3 heteroatoms. The molecule has 0 atom stereocenters. The van der Waals surface area contributed by atoms with Crippen LogP contribution in [-0.2, 0) is 9.47 Å². The second-order valence-electron chi connectivity index (χ2n) is 2.64. The van der Waals surface area contributed by atoms with Crippen molar-refractivity contribution in [3.05, 3.63) is 0 Å². The number of hydrogen-bond donors (Lipinski definition) is 0. The zero-order chi connectivity index (χ0) is 8.15. The molecule has 0 spiro atoms. The average Bonchev–Trinajstić information content (AvgIpc) is 1.58. The maximum Gasteiger partial charge on any atom is 0.309 e. The molecule has 0 aromatic heterocycles. The predicted molar refractivity (Wildman–Crippen MR) is 37.3 cm³/mol. The molecule has 0 aliphatic rings. The fourth-order valence-electron chi connectivity index (χ4n) is 0.460. The molecule has 0 aliphatic carbocycles. The molecule has 0 N–H and O–H groups in total. The lowest BCUT2D eigenvalue weighted by molar-refractivity contribution is -0.248. The Labute approximate surface area is 61.3 Å². The minimum absolute atomic E-state index is 0.131. The van der Waals surface area contributed by atoms with Gasteiger partial charge >= 0.3 is 6.54 Å². The molecule has 10 heavy (non-hydrogen) atoms. The Hall–Kier alpha value is -0.150. The van der Waals surface area contributed by atoms with E-state index in [2.05, 4.69) is 9.47 Å². The second kappa shape index (κ2) is 4.63. The topological polar surface area (TPSA) is 18.5 Å². The first-order chi connectivity index (χ1) is 4.52. The molecule has 0 radical (unpaired) electrons. The first-order valence-corrected chi connectivity index (χ1v) is 3.47. The van der Waals surface area contributed by atoms with Gasteiger partial charge in [-0.3, -0.25) is 0 Å². The highest BCUT2D eigenvalue weighted by Gasteiger charge is 2.09. The van der Waals surface area contributed by atoms with Crippen LogP contribution in [0, 0.1) is 0 Å².